The highest BCUT2D eigenvalue weighted by Gasteiger charge is 2.05. The molecule has 0 unspecified atom stereocenters. The maximum absolute atomic E-state index is 4.10. The van der Waals surface area contributed by atoms with Crippen molar-refractivity contribution in [2.75, 3.05) is 0 Å². The average Bonchev–Trinajstić information content (AvgIpc) is 2.21. The molecule has 0 fully saturated rings. The van der Waals surface area contributed by atoms with Crippen molar-refractivity contribution in [2.45, 2.75) is 25.7 Å². The van der Waals surface area contributed by atoms with Crippen molar-refractivity contribution in [3.63, 3.8) is 0 Å². The van der Waals surface area contributed by atoms with Gasteiger partial charge in [-0.2, -0.15) is 0 Å². The molecule has 0 saturated heterocycles. The fourth-order valence-electron chi connectivity index (χ4n) is 1.51. The van der Waals surface area contributed by atoms with Gasteiger partial charge in [0.05, 0.1) is 5.69 Å². The van der Waals surface area contributed by atoms with Crippen LogP contribution in [0.4, 0.5) is 0 Å². The Hall–Kier alpha value is -1.18. The van der Waals surface area contributed by atoms with E-state index in [1.165, 1.54) is 24.8 Å². The second-order valence-electron chi connectivity index (χ2n) is 3.02. The smallest absolute Gasteiger partial charge is 0.198 e. The Bertz CT molecular complexity index is 277. The molecule has 1 heterocycles. The fourth-order valence-corrected chi connectivity index (χ4v) is 1.51. The Morgan fingerprint density at radius 3 is 3.00 bits per heavy atom. The van der Waals surface area contributed by atoms with Crippen LogP contribution >= 0.6 is 0 Å². The lowest BCUT2D eigenvalue weighted by atomic mass is 9.97. The van der Waals surface area contributed by atoms with E-state index in [2.05, 4.69) is 22.4 Å². The van der Waals surface area contributed by atoms with E-state index in [4.69, 9.17) is 0 Å². The second-order valence-corrected chi connectivity index (χ2v) is 3.02. The molecule has 0 N–H and O–H groups in total. The largest absolute Gasteiger partial charge is 0.234 e. The van der Waals surface area contributed by atoms with E-state index in [0.717, 1.165) is 12.1 Å². The summed E-state index contributed by atoms with van der Waals surface area (Å²) < 4.78 is 0. The molecule has 0 spiro atoms. The highest BCUT2D eigenvalue weighted by molar-refractivity contribution is 5.62. The molecule has 1 aromatic heterocycles. The monoisotopic (exact) mass is 159 g/mol. The Labute approximate surface area is 72.4 Å². The number of aromatic nitrogens is 2. The molecule has 0 atom stereocenters. The first-order chi connectivity index (χ1) is 5.97. The van der Waals surface area contributed by atoms with Crippen LogP contribution in [0, 0.1) is 6.33 Å². The van der Waals surface area contributed by atoms with Crippen LogP contribution in [0.5, 0.6) is 0 Å². The molecule has 61 valence electrons. The van der Waals surface area contributed by atoms with Crippen LogP contribution in [0.2, 0.25) is 0 Å². The zero-order chi connectivity index (χ0) is 8.23. The minimum absolute atomic E-state index is 1.05. The second kappa shape index (κ2) is 3.48. The van der Waals surface area contributed by atoms with Gasteiger partial charge in [0.15, 0.2) is 6.33 Å². The van der Waals surface area contributed by atoms with E-state index in [0.29, 0.717) is 0 Å². The Morgan fingerprint density at radius 1 is 1.33 bits per heavy atom. The van der Waals surface area contributed by atoms with Gasteiger partial charge in [0.1, 0.15) is 0 Å². The van der Waals surface area contributed by atoms with Gasteiger partial charge >= 0.3 is 0 Å². The molecule has 1 aliphatic rings. The normalized spacial score (nSPS) is 17.2. The molecule has 0 saturated carbocycles. The molecule has 2 rings (SSSR count). The average molecular weight is 159 g/mol. The quantitative estimate of drug-likeness (QED) is 0.628. The third-order valence-electron chi connectivity index (χ3n) is 2.16. The van der Waals surface area contributed by atoms with Crippen molar-refractivity contribution in [2.24, 2.45) is 0 Å². The number of hydrogen-bond donors (Lipinski definition) is 0. The van der Waals surface area contributed by atoms with Gasteiger partial charge in [-0.15, -0.1) is 0 Å². The molecule has 12 heavy (non-hydrogen) atoms. The lowest BCUT2D eigenvalue weighted by molar-refractivity contribution is 0.739. The van der Waals surface area contributed by atoms with E-state index >= 15 is 0 Å². The molecular formula is C10H11N2. The standard InChI is InChI=1S/C10H11N2/c1-2-4-9(5-3-1)10-6-7-11-8-12-10/h4,6-7H,1-3,5H2. The van der Waals surface area contributed by atoms with Crippen molar-refractivity contribution in [3.8, 4) is 0 Å². The molecule has 1 radical (unpaired) electrons. The van der Waals surface area contributed by atoms with Crippen molar-refractivity contribution < 1.29 is 0 Å². The highest BCUT2D eigenvalue weighted by atomic mass is 14.8. The van der Waals surface area contributed by atoms with Gasteiger partial charge in [0.25, 0.3) is 0 Å². The first kappa shape index (κ1) is 7.47. The fraction of sp³-hybridized carbons (Fsp3) is 0.400. The Morgan fingerprint density at radius 2 is 2.33 bits per heavy atom. The summed E-state index contributed by atoms with van der Waals surface area (Å²) in [5.74, 6) is 0. The van der Waals surface area contributed by atoms with Crippen molar-refractivity contribution in [1.82, 2.24) is 9.97 Å². The molecule has 0 amide bonds. The van der Waals surface area contributed by atoms with Crippen LogP contribution in [-0.4, -0.2) is 9.97 Å². The highest BCUT2D eigenvalue weighted by Crippen LogP contribution is 2.24. The summed E-state index contributed by atoms with van der Waals surface area (Å²) in [5, 5.41) is 0. The summed E-state index contributed by atoms with van der Waals surface area (Å²) in [4.78, 5) is 7.87. The molecule has 2 nitrogen and oxygen atoms in total. The maximum Gasteiger partial charge on any atom is 0.198 e. The first-order valence-electron chi connectivity index (χ1n) is 4.35. The van der Waals surface area contributed by atoms with E-state index in [1.54, 1.807) is 6.20 Å². The van der Waals surface area contributed by atoms with Crippen LogP contribution < -0.4 is 0 Å². The molecule has 0 aromatic carbocycles. The van der Waals surface area contributed by atoms with E-state index in [1.807, 2.05) is 6.07 Å². The zero-order valence-corrected chi connectivity index (χ0v) is 6.95. The van der Waals surface area contributed by atoms with Gasteiger partial charge < -0.3 is 0 Å². The van der Waals surface area contributed by atoms with E-state index < -0.39 is 0 Å². The molecule has 0 bridgehead atoms. The van der Waals surface area contributed by atoms with Gasteiger partial charge in [0, 0.05) is 6.20 Å². The van der Waals surface area contributed by atoms with Crippen LogP contribution in [-0.2, 0) is 0 Å². The number of hydrogen-bond acceptors (Lipinski definition) is 2. The van der Waals surface area contributed by atoms with Crippen molar-refractivity contribution >= 4 is 5.57 Å². The van der Waals surface area contributed by atoms with Gasteiger partial charge in [-0.3, -0.25) is 0 Å². The maximum atomic E-state index is 4.10. The number of allylic oxidation sites excluding steroid dienone is 2. The lowest BCUT2D eigenvalue weighted by Gasteiger charge is -2.10. The SMILES string of the molecule is [c]1nccc(C2=CCCCC2)n1. The predicted molar refractivity (Wildman–Crippen MR) is 47.3 cm³/mol. The van der Waals surface area contributed by atoms with Crippen molar-refractivity contribution in [3.05, 3.63) is 30.4 Å². The van der Waals surface area contributed by atoms with Crippen LogP contribution in [0.1, 0.15) is 31.4 Å². The molecular weight excluding hydrogens is 148 g/mol. The van der Waals surface area contributed by atoms with Crippen LogP contribution in [0.3, 0.4) is 0 Å². The van der Waals surface area contributed by atoms with Gasteiger partial charge in [-0.05, 0) is 37.3 Å². The molecule has 1 aromatic rings. The van der Waals surface area contributed by atoms with E-state index in [9.17, 15) is 0 Å². The van der Waals surface area contributed by atoms with Crippen LogP contribution in [0.15, 0.2) is 18.3 Å². The van der Waals surface area contributed by atoms with E-state index in [-0.39, 0.29) is 0 Å². The number of rotatable bonds is 1. The first-order valence-corrected chi connectivity index (χ1v) is 4.35. The number of nitrogens with zero attached hydrogens (tertiary/aromatic N) is 2. The van der Waals surface area contributed by atoms with Crippen LogP contribution in [0.25, 0.3) is 5.57 Å². The topological polar surface area (TPSA) is 25.8 Å². The summed E-state index contributed by atoms with van der Waals surface area (Å²) in [6.07, 6.45) is 11.6. The third kappa shape index (κ3) is 1.52. The van der Waals surface area contributed by atoms with Gasteiger partial charge in [-0.25, -0.2) is 9.97 Å². The third-order valence-corrected chi connectivity index (χ3v) is 2.16. The van der Waals surface area contributed by atoms with Crippen molar-refractivity contribution in [1.29, 1.82) is 0 Å². The minimum atomic E-state index is 1.05. The Balaban J connectivity index is 2.24. The lowest BCUT2D eigenvalue weighted by Crippen LogP contribution is -1.94. The van der Waals surface area contributed by atoms with Gasteiger partial charge in [-0.1, -0.05) is 6.08 Å². The molecule has 2 heteroatoms. The predicted octanol–water partition coefficient (Wildman–Crippen LogP) is 2.23. The summed E-state index contributed by atoms with van der Waals surface area (Å²) in [6, 6.07) is 1.95. The molecule has 0 aliphatic heterocycles. The summed E-state index contributed by atoms with van der Waals surface area (Å²) in [5.41, 5.74) is 2.41. The summed E-state index contributed by atoms with van der Waals surface area (Å²) >= 11 is 0. The van der Waals surface area contributed by atoms with Gasteiger partial charge in [0.2, 0.25) is 0 Å². The minimum Gasteiger partial charge on any atom is -0.234 e. The summed E-state index contributed by atoms with van der Waals surface area (Å²) in [7, 11) is 0. The molecule has 1 aliphatic carbocycles. The summed E-state index contributed by atoms with van der Waals surface area (Å²) in [6.45, 7) is 0. The Kier molecular flexibility index (Phi) is 2.16. The zero-order valence-electron chi connectivity index (χ0n) is 6.95.